The first-order valence-electron chi connectivity index (χ1n) is 9.56. The Morgan fingerprint density at radius 1 is 1.03 bits per heavy atom. The molecule has 0 saturated carbocycles. The summed E-state index contributed by atoms with van der Waals surface area (Å²) < 4.78 is 5.22. The Hall–Kier alpha value is -4.26. The number of anilines is 1. The van der Waals surface area contributed by atoms with E-state index < -0.39 is 4.92 Å². The number of amidine groups is 1. The topological polar surface area (TPSA) is 85.0 Å². The number of hydrogen-bond donors (Lipinski definition) is 0. The van der Waals surface area contributed by atoms with Gasteiger partial charge in [-0.2, -0.15) is 0 Å². The van der Waals surface area contributed by atoms with Gasteiger partial charge in [0.05, 0.1) is 17.7 Å². The lowest BCUT2D eigenvalue weighted by molar-refractivity contribution is -0.384. The number of non-ortho nitro benzene ring substituents is 1. The number of carbonyl (C=O) groups excluding carboxylic acids is 1. The third kappa shape index (κ3) is 4.06. The van der Waals surface area contributed by atoms with E-state index >= 15 is 0 Å². The van der Waals surface area contributed by atoms with Crippen molar-refractivity contribution < 1.29 is 14.5 Å². The second-order valence-corrected chi connectivity index (χ2v) is 7.02. The van der Waals surface area contributed by atoms with E-state index in [1.165, 1.54) is 12.1 Å². The number of nitrogens with zero attached hydrogens (tertiary/aromatic N) is 3. The van der Waals surface area contributed by atoms with Crippen molar-refractivity contribution in [3.63, 3.8) is 0 Å². The summed E-state index contributed by atoms with van der Waals surface area (Å²) in [5.74, 6) is 0.929. The molecule has 0 bridgehead atoms. The molecule has 4 rings (SSSR count). The third-order valence-corrected chi connectivity index (χ3v) is 4.87. The molecule has 1 aliphatic rings. The van der Waals surface area contributed by atoms with E-state index in [1.807, 2.05) is 31.2 Å². The van der Waals surface area contributed by atoms with Crippen LogP contribution in [0.25, 0.3) is 6.08 Å². The molecule has 154 valence electrons. The first-order chi connectivity index (χ1) is 15.0. The van der Waals surface area contributed by atoms with Gasteiger partial charge in [0.2, 0.25) is 0 Å². The second-order valence-electron chi connectivity index (χ2n) is 7.02. The zero-order valence-corrected chi connectivity index (χ0v) is 17.0. The molecule has 1 heterocycles. The van der Waals surface area contributed by atoms with Crippen molar-refractivity contribution in [2.45, 2.75) is 6.92 Å². The number of rotatable bonds is 5. The smallest absolute Gasteiger partial charge is 0.282 e. The predicted octanol–water partition coefficient (Wildman–Crippen LogP) is 4.75. The van der Waals surface area contributed by atoms with Gasteiger partial charge < -0.3 is 4.74 Å². The molecule has 31 heavy (non-hydrogen) atoms. The highest BCUT2D eigenvalue weighted by Gasteiger charge is 2.32. The molecule has 3 aromatic carbocycles. The van der Waals surface area contributed by atoms with Gasteiger partial charge in [0.25, 0.3) is 11.6 Å². The number of hydrogen-bond acceptors (Lipinski definition) is 5. The van der Waals surface area contributed by atoms with Crippen molar-refractivity contribution in [1.82, 2.24) is 0 Å². The molecule has 1 aliphatic heterocycles. The Labute approximate surface area is 179 Å². The van der Waals surface area contributed by atoms with E-state index in [0.29, 0.717) is 22.8 Å². The summed E-state index contributed by atoms with van der Waals surface area (Å²) in [6.07, 6.45) is 1.63. The first-order valence-corrected chi connectivity index (χ1v) is 9.56. The summed E-state index contributed by atoms with van der Waals surface area (Å²) >= 11 is 0. The Morgan fingerprint density at radius 3 is 2.35 bits per heavy atom. The lowest BCUT2D eigenvalue weighted by Gasteiger charge is -2.19. The summed E-state index contributed by atoms with van der Waals surface area (Å²) in [6.45, 7) is 1.98. The highest BCUT2D eigenvalue weighted by atomic mass is 16.6. The van der Waals surface area contributed by atoms with Crippen LogP contribution in [-0.2, 0) is 4.79 Å². The second kappa shape index (κ2) is 8.23. The van der Waals surface area contributed by atoms with Gasteiger partial charge >= 0.3 is 0 Å². The largest absolute Gasteiger partial charge is 0.497 e. The van der Waals surface area contributed by atoms with Gasteiger partial charge in [-0.05, 0) is 61.0 Å². The summed E-state index contributed by atoms with van der Waals surface area (Å²) in [6, 6.07) is 20.9. The van der Waals surface area contributed by atoms with Crippen LogP contribution in [0.3, 0.4) is 0 Å². The van der Waals surface area contributed by atoms with Crippen LogP contribution in [0.5, 0.6) is 5.75 Å². The van der Waals surface area contributed by atoms with E-state index in [1.54, 1.807) is 54.5 Å². The number of nitro groups is 1. The monoisotopic (exact) mass is 413 g/mol. The van der Waals surface area contributed by atoms with Gasteiger partial charge in [0, 0.05) is 17.7 Å². The fourth-order valence-electron chi connectivity index (χ4n) is 3.32. The molecule has 0 aliphatic carbocycles. The Kier molecular flexibility index (Phi) is 5.32. The van der Waals surface area contributed by atoms with Crippen LogP contribution >= 0.6 is 0 Å². The maximum Gasteiger partial charge on any atom is 0.282 e. The molecule has 7 heteroatoms. The van der Waals surface area contributed by atoms with Gasteiger partial charge in [-0.15, -0.1) is 0 Å². The molecule has 0 atom stereocenters. The summed E-state index contributed by atoms with van der Waals surface area (Å²) in [5, 5.41) is 10.9. The number of carbonyl (C=O) groups is 1. The lowest BCUT2D eigenvalue weighted by Crippen LogP contribution is -2.32. The number of aryl methyl sites for hydroxylation is 1. The number of nitro benzene ring substituents is 1. The fraction of sp³-hybridized carbons (Fsp3) is 0.0833. The zero-order valence-electron chi connectivity index (χ0n) is 17.0. The quantitative estimate of drug-likeness (QED) is 0.343. The van der Waals surface area contributed by atoms with Gasteiger partial charge in [-0.3, -0.25) is 19.8 Å². The van der Waals surface area contributed by atoms with Crippen LogP contribution in [0.4, 0.5) is 11.4 Å². The van der Waals surface area contributed by atoms with E-state index in [2.05, 4.69) is 4.99 Å². The zero-order chi connectivity index (χ0) is 22.0. The van der Waals surface area contributed by atoms with Gasteiger partial charge in [0.15, 0.2) is 0 Å². The fourth-order valence-corrected chi connectivity index (χ4v) is 3.32. The number of benzene rings is 3. The van der Waals surface area contributed by atoms with Crippen molar-refractivity contribution >= 4 is 29.2 Å². The maximum absolute atomic E-state index is 13.3. The number of ether oxygens (including phenoxy) is 1. The summed E-state index contributed by atoms with van der Waals surface area (Å²) in [5.41, 5.74) is 3.42. The highest BCUT2D eigenvalue weighted by molar-refractivity contribution is 6.33. The van der Waals surface area contributed by atoms with Gasteiger partial charge in [0.1, 0.15) is 17.3 Å². The number of amides is 1. The molecule has 0 N–H and O–H groups in total. The minimum atomic E-state index is -0.461. The Bertz CT molecular complexity index is 1210. The summed E-state index contributed by atoms with van der Waals surface area (Å²) in [4.78, 5) is 29.9. The molecule has 0 unspecified atom stereocenters. The minimum absolute atomic E-state index is 0.0105. The van der Waals surface area contributed by atoms with Crippen LogP contribution in [0.1, 0.15) is 16.7 Å². The van der Waals surface area contributed by atoms with Crippen LogP contribution in [0.15, 0.2) is 83.5 Å². The van der Waals surface area contributed by atoms with Crippen LogP contribution in [-0.4, -0.2) is 23.8 Å². The first kappa shape index (κ1) is 20.0. The van der Waals surface area contributed by atoms with Crippen molar-refractivity contribution in [3.8, 4) is 5.75 Å². The maximum atomic E-state index is 13.3. The average Bonchev–Trinajstić information content (AvgIpc) is 3.10. The van der Waals surface area contributed by atoms with E-state index in [0.717, 1.165) is 11.1 Å². The van der Waals surface area contributed by atoms with Gasteiger partial charge in [-0.1, -0.05) is 23.8 Å². The standard InChI is InChI=1S/C24H19N3O4/c1-16-4-3-5-18(14-16)23-25-22(15-17-6-8-20(9-7-17)27(29)30)24(28)26(23)19-10-12-21(31-2)13-11-19/h3-15H,1-2H3. The summed E-state index contributed by atoms with van der Waals surface area (Å²) in [7, 11) is 1.58. The molecule has 0 aromatic heterocycles. The molecule has 0 fully saturated rings. The molecule has 3 aromatic rings. The minimum Gasteiger partial charge on any atom is -0.497 e. The number of aliphatic imine (C=N–C) groups is 1. The molecule has 0 radical (unpaired) electrons. The average molecular weight is 413 g/mol. The van der Waals surface area contributed by atoms with Crippen molar-refractivity contribution in [3.05, 3.63) is 105 Å². The molecule has 7 nitrogen and oxygen atoms in total. The normalized spacial score (nSPS) is 14.6. The Morgan fingerprint density at radius 2 is 1.74 bits per heavy atom. The molecule has 0 spiro atoms. The molecular weight excluding hydrogens is 394 g/mol. The van der Waals surface area contributed by atoms with E-state index in [-0.39, 0.29) is 17.3 Å². The van der Waals surface area contributed by atoms with E-state index in [9.17, 15) is 14.9 Å². The van der Waals surface area contributed by atoms with Crippen LogP contribution < -0.4 is 9.64 Å². The van der Waals surface area contributed by atoms with Crippen molar-refractivity contribution in [2.75, 3.05) is 12.0 Å². The highest BCUT2D eigenvalue weighted by Crippen LogP contribution is 2.29. The Balaban J connectivity index is 1.78. The van der Waals surface area contributed by atoms with E-state index in [4.69, 9.17) is 4.74 Å². The van der Waals surface area contributed by atoms with Crippen LogP contribution in [0.2, 0.25) is 0 Å². The van der Waals surface area contributed by atoms with Crippen molar-refractivity contribution in [1.29, 1.82) is 0 Å². The third-order valence-electron chi connectivity index (χ3n) is 4.87. The van der Waals surface area contributed by atoms with Gasteiger partial charge in [-0.25, -0.2) is 4.99 Å². The molecule has 0 saturated heterocycles. The molecule has 1 amide bonds. The molecular formula is C24H19N3O4. The lowest BCUT2D eigenvalue weighted by atomic mass is 10.1. The number of methoxy groups -OCH3 is 1. The van der Waals surface area contributed by atoms with Crippen LogP contribution in [0, 0.1) is 17.0 Å². The predicted molar refractivity (Wildman–Crippen MR) is 119 cm³/mol. The van der Waals surface area contributed by atoms with Crippen molar-refractivity contribution in [2.24, 2.45) is 4.99 Å². The SMILES string of the molecule is COc1ccc(N2C(=O)C(=Cc3ccc([N+](=O)[O-])cc3)N=C2c2cccc(C)c2)cc1.